The number of rotatable bonds is 2. The van der Waals surface area contributed by atoms with Crippen LogP contribution in [0.3, 0.4) is 0 Å². The molecular formula is C13H11Br2FN2. The van der Waals surface area contributed by atoms with Crippen molar-refractivity contribution in [3.05, 3.63) is 50.3 Å². The van der Waals surface area contributed by atoms with Gasteiger partial charge in [0, 0.05) is 11.9 Å². The molecule has 5 heteroatoms. The highest BCUT2D eigenvalue weighted by atomic mass is 79.9. The van der Waals surface area contributed by atoms with Gasteiger partial charge in [-0.25, -0.2) is 9.37 Å². The Morgan fingerprint density at radius 3 is 2.50 bits per heavy atom. The molecule has 0 aliphatic rings. The smallest absolute Gasteiger partial charge is 0.144 e. The maximum Gasteiger partial charge on any atom is 0.144 e. The Bertz CT molecular complexity index is 600. The Labute approximate surface area is 122 Å². The summed E-state index contributed by atoms with van der Waals surface area (Å²) in [4.78, 5) is 4.30. The van der Waals surface area contributed by atoms with Gasteiger partial charge in [-0.2, -0.15) is 0 Å². The third kappa shape index (κ3) is 2.90. The first-order valence-electron chi connectivity index (χ1n) is 5.32. The van der Waals surface area contributed by atoms with Crippen molar-refractivity contribution >= 4 is 43.4 Å². The van der Waals surface area contributed by atoms with E-state index in [1.807, 2.05) is 19.9 Å². The fourth-order valence-electron chi connectivity index (χ4n) is 1.53. The van der Waals surface area contributed by atoms with Gasteiger partial charge in [0.05, 0.1) is 8.95 Å². The first-order chi connectivity index (χ1) is 8.47. The van der Waals surface area contributed by atoms with Crippen molar-refractivity contribution in [3.8, 4) is 0 Å². The predicted molar refractivity (Wildman–Crippen MR) is 78.8 cm³/mol. The van der Waals surface area contributed by atoms with E-state index in [0.29, 0.717) is 10.3 Å². The molecule has 0 atom stereocenters. The highest BCUT2D eigenvalue weighted by Crippen LogP contribution is 2.29. The summed E-state index contributed by atoms with van der Waals surface area (Å²) >= 11 is 6.63. The van der Waals surface area contributed by atoms with E-state index in [1.165, 1.54) is 6.07 Å². The van der Waals surface area contributed by atoms with E-state index in [1.54, 1.807) is 12.3 Å². The van der Waals surface area contributed by atoms with Crippen LogP contribution in [0.15, 0.2) is 33.3 Å². The first kappa shape index (κ1) is 13.5. The maximum absolute atomic E-state index is 13.3. The molecule has 1 N–H and O–H groups in total. The molecule has 0 saturated carbocycles. The van der Waals surface area contributed by atoms with Crippen molar-refractivity contribution in [3.63, 3.8) is 0 Å². The van der Waals surface area contributed by atoms with Gasteiger partial charge in [-0.05, 0) is 75.0 Å². The Kier molecular flexibility index (Phi) is 4.02. The number of halogens is 3. The summed E-state index contributed by atoms with van der Waals surface area (Å²) < 4.78 is 14.6. The van der Waals surface area contributed by atoms with Gasteiger partial charge in [0.1, 0.15) is 11.6 Å². The lowest BCUT2D eigenvalue weighted by Crippen LogP contribution is -1.98. The molecule has 0 fully saturated rings. The van der Waals surface area contributed by atoms with Crippen molar-refractivity contribution in [1.29, 1.82) is 0 Å². The van der Waals surface area contributed by atoms with Crippen LogP contribution < -0.4 is 5.32 Å². The number of aromatic nitrogens is 1. The summed E-state index contributed by atoms with van der Waals surface area (Å²) in [7, 11) is 0. The molecule has 2 aromatic rings. The van der Waals surface area contributed by atoms with E-state index in [2.05, 4.69) is 42.2 Å². The molecule has 1 aromatic carbocycles. The Morgan fingerprint density at radius 2 is 1.83 bits per heavy atom. The van der Waals surface area contributed by atoms with Crippen molar-refractivity contribution in [1.82, 2.24) is 4.98 Å². The van der Waals surface area contributed by atoms with Crippen molar-refractivity contribution in [2.45, 2.75) is 13.8 Å². The second kappa shape index (κ2) is 5.36. The monoisotopic (exact) mass is 372 g/mol. The SMILES string of the molecule is Cc1cnc(Nc2cc(Br)c(F)cc2C)c(Br)c1. The van der Waals surface area contributed by atoms with E-state index < -0.39 is 0 Å². The third-order valence-corrected chi connectivity index (χ3v) is 3.71. The minimum absolute atomic E-state index is 0.269. The number of benzene rings is 1. The number of nitrogens with one attached hydrogen (secondary N) is 1. The van der Waals surface area contributed by atoms with Gasteiger partial charge in [0.25, 0.3) is 0 Å². The van der Waals surface area contributed by atoms with Gasteiger partial charge >= 0.3 is 0 Å². The van der Waals surface area contributed by atoms with Gasteiger partial charge in [0.2, 0.25) is 0 Å². The zero-order valence-corrected chi connectivity index (χ0v) is 13.1. The average molecular weight is 374 g/mol. The van der Waals surface area contributed by atoms with Gasteiger partial charge in [-0.3, -0.25) is 0 Å². The molecule has 0 bridgehead atoms. The fourth-order valence-corrected chi connectivity index (χ4v) is 2.44. The largest absolute Gasteiger partial charge is 0.339 e. The van der Waals surface area contributed by atoms with Crippen molar-refractivity contribution in [2.24, 2.45) is 0 Å². The highest BCUT2D eigenvalue weighted by Gasteiger charge is 2.08. The van der Waals surface area contributed by atoms with E-state index in [9.17, 15) is 4.39 Å². The molecule has 0 spiro atoms. The van der Waals surface area contributed by atoms with Crippen molar-refractivity contribution < 1.29 is 4.39 Å². The van der Waals surface area contributed by atoms with Crippen LogP contribution in [0.4, 0.5) is 15.9 Å². The van der Waals surface area contributed by atoms with E-state index in [4.69, 9.17) is 0 Å². The van der Waals surface area contributed by atoms with E-state index in [-0.39, 0.29) is 5.82 Å². The van der Waals surface area contributed by atoms with Crippen LogP contribution in [0.5, 0.6) is 0 Å². The Balaban J connectivity index is 2.37. The number of pyridine rings is 1. The number of hydrogen-bond acceptors (Lipinski definition) is 2. The lowest BCUT2D eigenvalue weighted by atomic mass is 10.2. The van der Waals surface area contributed by atoms with Gasteiger partial charge < -0.3 is 5.32 Å². The number of hydrogen-bond donors (Lipinski definition) is 1. The number of nitrogens with zero attached hydrogens (tertiary/aromatic N) is 1. The molecule has 0 amide bonds. The lowest BCUT2D eigenvalue weighted by Gasteiger charge is -2.11. The van der Waals surface area contributed by atoms with Crippen molar-refractivity contribution in [2.75, 3.05) is 5.32 Å². The molecule has 94 valence electrons. The Hall–Kier alpha value is -0.940. The second-order valence-electron chi connectivity index (χ2n) is 4.05. The maximum atomic E-state index is 13.3. The molecule has 0 radical (unpaired) electrons. The molecule has 2 nitrogen and oxygen atoms in total. The van der Waals surface area contributed by atoms with Gasteiger partial charge in [-0.15, -0.1) is 0 Å². The molecular weight excluding hydrogens is 363 g/mol. The van der Waals surface area contributed by atoms with Crippen LogP contribution in [-0.2, 0) is 0 Å². The van der Waals surface area contributed by atoms with Crippen LogP contribution in [0.2, 0.25) is 0 Å². The fraction of sp³-hybridized carbons (Fsp3) is 0.154. The molecule has 0 aliphatic carbocycles. The minimum Gasteiger partial charge on any atom is -0.339 e. The molecule has 18 heavy (non-hydrogen) atoms. The summed E-state index contributed by atoms with van der Waals surface area (Å²) in [6.07, 6.45) is 1.78. The van der Waals surface area contributed by atoms with Gasteiger partial charge in [-0.1, -0.05) is 0 Å². The standard InChI is InChI=1S/C13H11Br2FN2/c1-7-3-10(15)13(17-6-7)18-12-5-9(14)11(16)4-8(12)2/h3-6H,1-2H3,(H,17,18). The van der Waals surface area contributed by atoms with Crippen LogP contribution >= 0.6 is 31.9 Å². The third-order valence-electron chi connectivity index (χ3n) is 2.50. The number of aryl methyl sites for hydroxylation is 2. The van der Waals surface area contributed by atoms with Crippen LogP contribution in [-0.4, -0.2) is 4.98 Å². The summed E-state index contributed by atoms with van der Waals surface area (Å²) in [5.74, 6) is 0.441. The molecule has 0 aliphatic heterocycles. The van der Waals surface area contributed by atoms with Crippen LogP contribution in [0.25, 0.3) is 0 Å². The molecule has 1 aromatic heterocycles. The summed E-state index contributed by atoms with van der Waals surface area (Å²) in [6.45, 7) is 3.82. The lowest BCUT2D eigenvalue weighted by molar-refractivity contribution is 0.620. The molecule has 1 heterocycles. The quantitative estimate of drug-likeness (QED) is 0.791. The van der Waals surface area contributed by atoms with Gasteiger partial charge in [0.15, 0.2) is 0 Å². The average Bonchev–Trinajstić information content (AvgIpc) is 2.29. The van der Waals surface area contributed by atoms with Crippen LogP contribution in [0, 0.1) is 19.7 Å². The zero-order valence-electron chi connectivity index (χ0n) is 9.89. The zero-order chi connectivity index (χ0) is 13.3. The topological polar surface area (TPSA) is 24.9 Å². The predicted octanol–water partition coefficient (Wildman–Crippen LogP) is 5.11. The summed E-state index contributed by atoms with van der Waals surface area (Å²) in [6, 6.07) is 5.16. The van der Waals surface area contributed by atoms with Crippen LogP contribution in [0.1, 0.15) is 11.1 Å². The normalized spacial score (nSPS) is 10.5. The number of anilines is 2. The van der Waals surface area contributed by atoms with E-state index in [0.717, 1.165) is 21.3 Å². The summed E-state index contributed by atoms with van der Waals surface area (Å²) in [5, 5.41) is 3.18. The minimum atomic E-state index is -0.269. The highest BCUT2D eigenvalue weighted by molar-refractivity contribution is 9.10. The summed E-state index contributed by atoms with van der Waals surface area (Å²) in [5.41, 5.74) is 2.72. The molecule has 0 unspecified atom stereocenters. The first-order valence-corrected chi connectivity index (χ1v) is 6.91. The molecule has 2 rings (SSSR count). The van der Waals surface area contributed by atoms with E-state index >= 15 is 0 Å². The molecule has 0 saturated heterocycles. The Morgan fingerprint density at radius 1 is 1.11 bits per heavy atom. The second-order valence-corrected chi connectivity index (χ2v) is 5.76.